The smallest absolute Gasteiger partial charge is 0.0541 e. The lowest BCUT2D eigenvalue weighted by molar-refractivity contribution is 0.660. The van der Waals surface area contributed by atoms with Gasteiger partial charge in [0.2, 0.25) is 0 Å². The van der Waals surface area contributed by atoms with Crippen LogP contribution < -0.4 is 4.90 Å². The van der Waals surface area contributed by atoms with E-state index in [0.29, 0.717) is 5.92 Å². The lowest BCUT2D eigenvalue weighted by atomic mass is 9.82. The van der Waals surface area contributed by atoms with E-state index in [1.54, 1.807) is 0 Å². The van der Waals surface area contributed by atoms with Crippen LogP contribution in [0.3, 0.4) is 0 Å². The van der Waals surface area contributed by atoms with E-state index in [1.165, 1.54) is 72.0 Å². The zero-order chi connectivity index (χ0) is 37.1. The van der Waals surface area contributed by atoms with Crippen molar-refractivity contribution in [2.75, 3.05) is 4.90 Å². The molecule has 0 N–H and O–H groups in total. The van der Waals surface area contributed by atoms with Crippen LogP contribution in [0.15, 0.2) is 182 Å². The first-order valence-electron chi connectivity index (χ1n) is 19.6. The van der Waals surface area contributed by atoms with E-state index in [4.69, 9.17) is 0 Å². The van der Waals surface area contributed by atoms with Crippen molar-refractivity contribution >= 4 is 50.1 Å². The molecule has 3 aliphatic carbocycles. The average Bonchev–Trinajstić information content (AvgIpc) is 3.49. The molecule has 1 heterocycles. The van der Waals surface area contributed by atoms with Gasteiger partial charge in [-0.05, 0) is 130 Å². The minimum Gasteiger partial charge on any atom is -0.310 e. The van der Waals surface area contributed by atoms with Crippen LogP contribution in [-0.2, 0) is 5.41 Å². The molecule has 0 bridgehead atoms. The van der Waals surface area contributed by atoms with Gasteiger partial charge < -0.3 is 9.47 Å². The van der Waals surface area contributed by atoms with E-state index in [1.807, 2.05) is 0 Å². The number of para-hydroxylation sites is 1. The third-order valence-corrected chi connectivity index (χ3v) is 12.0. The third-order valence-electron chi connectivity index (χ3n) is 12.0. The van der Waals surface area contributed by atoms with E-state index >= 15 is 0 Å². The maximum Gasteiger partial charge on any atom is 0.0541 e. The van der Waals surface area contributed by atoms with Crippen LogP contribution in [0.5, 0.6) is 0 Å². The van der Waals surface area contributed by atoms with Gasteiger partial charge in [0, 0.05) is 38.9 Å². The first-order chi connectivity index (χ1) is 26.9. The highest BCUT2D eigenvalue weighted by atomic mass is 15.1. The number of anilines is 3. The zero-order valence-electron chi connectivity index (χ0n) is 31.7. The Kier molecular flexibility index (Phi) is 7.96. The lowest BCUT2D eigenvalue weighted by Gasteiger charge is -2.28. The number of fused-ring (bicyclic) bond motifs is 6. The van der Waals surface area contributed by atoms with Gasteiger partial charge in [0.25, 0.3) is 0 Å². The molecule has 266 valence electrons. The SMILES string of the molecule is CC1C=CC(c2ccc(N(c3ccc(-c4ccc5c(c4)c4ccccc4n5C4=CC=CCC=C4)cc3)c3ccc4c(c3)C(C)(C)c3ccccc3-4)cc2)=CC1. The van der Waals surface area contributed by atoms with Gasteiger partial charge in [-0.25, -0.2) is 0 Å². The van der Waals surface area contributed by atoms with Gasteiger partial charge in [-0.3, -0.25) is 0 Å². The maximum absolute atomic E-state index is 2.42. The fourth-order valence-electron chi connectivity index (χ4n) is 8.97. The standard InChI is InChI=1S/C53H44N2/c1-36-18-20-37(21-19-36)38-22-27-42(28-23-38)54(44-31-32-46-45-14-8-10-16-49(45)53(2,3)50(46)35-44)43-29-24-39(25-30-43)40-26-33-52-48(34-40)47-15-9-11-17-51(47)55(52)41-12-6-4-5-7-13-41/h4,6-18,20-36H,5,19H2,1-3H3. The van der Waals surface area contributed by atoms with Gasteiger partial charge >= 0.3 is 0 Å². The lowest BCUT2D eigenvalue weighted by Crippen LogP contribution is -2.16. The summed E-state index contributed by atoms with van der Waals surface area (Å²) in [5.74, 6) is 0.595. The molecule has 6 aromatic carbocycles. The summed E-state index contributed by atoms with van der Waals surface area (Å²) in [5, 5.41) is 2.53. The van der Waals surface area contributed by atoms with E-state index < -0.39 is 0 Å². The molecule has 7 aromatic rings. The van der Waals surface area contributed by atoms with Gasteiger partial charge in [0.1, 0.15) is 0 Å². The highest BCUT2D eigenvalue weighted by Gasteiger charge is 2.35. The predicted molar refractivity (Wildman–Crippen MR) is 235 cm³/mol. The van der Waals surface area contributed by atoms with Crippen LogP contribution in [0.2, 0.25) is 0 Å². The van der Waals surface area contributed by atoms with Crippen LogP contribution in [0.1, 0.15) is 50.3 Å². The fourth-order valence-corrected chi connectivity index (χ4v) is 8.97. The van der Waals surface area contributed by atoms with Crippen LogP contribution in [0, 0.1) is 5.92 Å². The molecule has 0 fully saturated rings. The van der Waals surface area contributed by atoms with Crippen LogP contribution in [0.25, 0.3) is 55.3 Å². The maximum atomic E-state index is 2.42. The summed E-state index contributed by atoms with van der Waals surface area (Å²) in [6.45, 7) is 6.99. The molecule has 1 aromatic heterocycles. The van der Waals surface area contributed by atoms with Crippen molar-refractivity contribution in [2.24, 2.45) is 5.92 Å². The Morgan fingerprint density at radius 3 is 2.09 bits per heavy atom. The van der Waals surface area contributed by atoms with Gasteiger partial charge in [-0.2, -0.15) is 0 Å². The molecule has 2 nitrogen and oxygen atoms in total. The molecule has 0 radical (unpaired) electrons. The van der Waals surface area contributed by atoms with Crippen LogP contribution in [-0.4, -0.2) is 4.57 Å². The van der Waals surface area contributed by atoms with Crippen molar-refractivity contribution in [3.05, 3.63) is 199 Å². The Balaban J connectivity index is 1.05. The summed E-state index contributed by atoms with van der Waals surface area (Å²) >= 11 is 0. The summed E-state index contributed by atoms with van der Waals surface area (Å²) in [7, 11) is 0. The summed E-state index contributed by atoms with van der Waals surface area (Å²) in [6.07, 6.45) is 20.1. The second-order valence-electron chi connectivity index (χ2n) is 15.8. The first-order valence-corrected chi connectivity index (χ1v) is 19.6. The normalized spacial score (nSPS) is 16.8. The quantitative estimate of drug-likeness (QED) is 0.167. The number of hydrogen-bond donors (Lipinski definition) is 0. The van der Waals surface area contributed by atoms with Crippen molar-refractivity contribution in [2.45, 2.75) is 39.0 Å². The summed E-state index contributed by atoms with van der Waals surface area (Å²) in [6, 6.07) is 49.9. The van der Waals surface area contributed by atoms with Crippen LogP contribution >= 0.6 is 0 Å². The minimum absolute atomic E-state index is 0.0836. The van der Waals surface area contributed by atoms with Gasteiger partial charge in [-0.1, -0.05) is 136 Å². The third kappa shape index (κ3) is 5.63. The van der Waals surface area contributed by atoms with Crippen LogP contribution in [0.4, 0.5) is 17.1 Å². The molecule has 0 spiro atoms. The molecule has 1 unspecified atom stereocenters. The number of allylic oxidation sites excluding steroid dienone is 10. The molecule has 0 saturated heterocycles. The van der Waals surface area contributed by atoms with Gasteiger partial charge in [0.05, 0.1) is 11.0 Å². The highest BCUT2D eigenvalue weighted by molar-refractivity contribution is 6.11. The molecule has 0 aliphatic heterocycles. The van der Waals surface area contributed by atoms with Crippen molar-refractivity contribution in [1.29, 1.82) is 0 Å². The summed E-state index contributed by atoms with van der Waals surface area (Å²) in [4.78, 5) is 2.42. The Morgan fingerprint density at radius 2 is 1.29 bits per heavy atom. The Morgan fingerprint density at radius 1 is 0.600 bits per heavy atom. The van der Waals surface area contributed by atoms with Crippen molar-refractivity contribution in [3.63, 3.8) is 0 Å². The number of rotatable bonds is 6. The number of aromatic nitrogens is 1. The van der Waals surface area contributed by atoms with Gasteiger partial charge in [-0.15, -0.1) is 0 Å². The average molecular weight is 709 g/mol. The Labute approximate surface area is 324 Å². The Bertz CT molecular complexity index is 2780. The van der Waals surface area contributed by atoms with Crippen molar-refractivity contribution < 1.29 is 0 Å². The molecule has 10 rings (SSSR count). The molecule has 0 amide bonds. The summed E-state index contributed by atoms with van der Waals surface area (Å²) in [5.41, 5.74) is 17.4. The number of benzene rings is 6. The highest BCUT2D eigenvalue weighted by Crippen LogP contribution is 2.50. The molecular weight excluding hydrogens is 665 g/mol. The molecule has 0 saturated carbocycles. The van der Waals surface area contributed by atoms with Gasteiger partial charge in [0.15, 0.2) is 0 Å². The van der Waals surface area contributed by atoms with E-state index in [2.05, 4.69) is 212 Å². The molecular formula is C53H44N2. The van der Waals surface area contributed by atoms with E-state index in [-0.39, 0.29) is 5.41 Å². The predicted octanol–water partition coefficient (Wildman–Crippen LogP) is 14.6. The topological polar surface area (TPSA) is 8.17 Å². The Hall–Kier alpha value is -6.38. The zero-order valence-corrected chi connectivity index (χ0v) is 31.7. The largest absolute Gasteiger partial charge is 0.310 e. The monoisotopic (exact) mass is 708 g/mol. The number of nitrogens with zero attached hydrogens (tertiary/aromatic N) is 2. The number of hydrogen-bond acceptors (Lipinski definition) is 1. The second-order valence-corrected chi connectivity index (χ2v) is 15.8. The molecule has 55 heavy (non-hydrogen) atoms. The molecule has 1 atom stereocenters. The first kappa shape index (κ1) is 33.2. The van der Waals surface area contributed by atoms with Crippen molar-refractivity contribution in [1.82, 2.24) is 4.57 Å². The minimum atomic E-state index is -0.0836. The molecule has 2 heteroatoms. The fraction of sp³-hybridized carbons (Fsp3) is 0.132. The second kappa shape index (κ2) is 13.2. The van der Waals surface area contributed by atoms with Crippen molar-refractivity contribution in [3.8, 4) is 22.3 Å². The molecule has 3 aliphatic rings. The van der Waals surface area contributed by atoms with E-state index in [9.17, 15) is 0 Å². The van der Waals surface area contributed by atoms with E-state index in [0.717, 1.165) is 29.9 Å². The summed E-state index contributed by atoms with van der Waals surface area (Å²) < 4.78 is 2.39.